The standard InChI is InChI=1S/C12H26N2OS/c1-10-9-14(3)11(2)8-12(10)13-6-5-7-16(4)15/h10-13H,5-9H2,1-4H3. The van der Waals surface area contributed by atoms with Gasteiger partial charge in [-0.3, -0.25) is 4.21 Å². The molecule has 1 rings (SSSR count). The van der Waals surface area contributed by atoms with Crippen LogP contribution in [-0.4, -0.2) is 53.3 Å². The van der Waals surface area contributed by atoms with Gasteiger partial charge in [-0.2, -0.15) is 0 Å². The third kappa shape index (κ3) is 4.52. The Labute approximate surface area is 102 Å². The molecule has 1 N–H and O–H groups in total. The predicted molar refractivity (Wildman–Crippen MR) is 71.2 cm³/mol. The minimum absolute atomic E-state index is 0.636. The average Bonchev–Trinajstić information content (AvgIpc) is 2.19. The molecular weight excluding hydrogens is 220 g/mol. The Kier molecular flexibility index (Phi) is 5.94. The number of likely N-dealkylation sites (tertiary alicyclic amines) is 1. The zero-order valence-electron chi connectivity index (χ0n) is 11.0. The molecule has 0 saturated carbocycles. The summed E-state index contributed by atoms with van der Waals surface area (Å²) in [7, 11) is 1.56. The first-order valence-electron chi connectivity index (χ1n) is 6.24. The molecule has 96 valence electrons. The molecule has 1 fully saturated rings. The molecule has 0 spiro atoms. The van der Waals surface area contributed by atoms with Gasteiger partial charge in [0.1, 0.15) is 0 Å². The van der Waals surface area contributed by atoms with Gasteiger partial charge in [0.2, 0.25) is 0 Å². The second-order valence-corrected chi connectivity index (χ2v) is 6.75. The van der Waals surface area contributed by atoms with Crippen molar-refractivity contribution in [1.29, 1.82) is 0 Å². The maximum Gasteiger partial charge on any atom is 0.0244 e. The number of hydrogen-bond acceptors (Lipinski definition) is 3. The van der Waals surface area contributed by atoms with Crippen molar-refractivity contribution in [3.63, 3.8) is 0 Å². The summed E-state index contributed by atoms with van der Waals surface area (Å²) in [6, 6.07) is 1.31. The van der Waals surface area contributed by atoms with Crippen molar-refractivity contribution in [2.45, 2.75) is 38.8 Å². The smallest absolute Gasteiger partial charge is 0.0244 e. The monoisotopic (exact) mass is 246 g/mol. The lowest BCUT2D eigenvalue weighted by atomic mass is 9.90. The second kappa shape index (κ2) is 6.72. The maximum absolute atomic E-state index is 10.9. The van der Waals surface area contributed by atoms with Gasteiger partial charge in [-0.15, -0.1) is 0 Å². The summed E-state index contributed by atoms with van der Waals surface area (Å²) in [5.41, 5.74) is 0. The molecule has 1 heterocycles. The van der Waals surface area contributed by atoms with E-state index in [1.54, 1.807) is 6.26 Å². The average molecular weight is 246 g/mol. The van der Waals surface area contributed by atoms with Crippen LogP contribution in [0.5, 0.6) is 0 Å². The zero-order chi connectivity index (χ0) is 12.1. The molecule has 3 nitrogen and oxygen atoms in total. The van der Waals surface area contributed by atoms with Crippen LogP contribution in [0.25, 0.3) is 0 Å². The maximum atomic E-state index is 10.9. The van der Waals surface area contributed by atoms with Crippen molar-refractivity contribution >= 4 is 10.8 Å². The fourth-order valence-electron chi connectivity index (χ4n) is 2.39. The first kappa shape index (κ1) is 14.1. The van der Waals surface area contributed by atoms with E-state index in [0.29, 0.717) is 18.0 Å². The van der Waals surface area contributed by atoms with E-state index in [9.17, 15) is 4.21 Å². The lowest BCUT2D eigenvalue weighted by molar-refractivity contribution is 0.122. The van der Waals surface area contributed by atoms with Crippen LogP contribution in [0.1, 0.15) is 26.7 Å². The number of piperidine rings is 1. The quantitative estimate of drug-likeness (QED) is 0.737. The van der Waals surface area contributed by atoms with E-state index in [1.165, 1.54) is 13.0 Å². The summed E-state index contributed by atoms with van der Waals surface area (Å²) in [5.74, 6) is 1.54. The lowest BCUT2D eigenvalue weighted by Crippen LogP contribution is -2.51. The summed E-state index contributed by atoms with van der Waals surface area (Å²) in [6.07, 6.45) is 4.03. The summed E-state index contributed by atoms with van der Waals surface area (Å²) >= 11 is 0. The van der Waals surface area contributed by atoms with Gasteiger partial charge in [-0.25, -0.2) is 0 Å². The van der Waals surface area contributed by atoms with Crippen LogP contribution in [0.2, 0.25) is 0 Å². The van der Waals surface area contributed by atoms with Gasteiger partial charge >= 0.3 is 0 Å². The van der Waals surface area contributed by atoms with Crippen molar-refractivity contribution in [1.82, 2.24) is 10.2 Å². The molecule has 16 heavy (non-hydrogen) atoms. The molecule has 0 aromatic heterocycles. The Morgan fingerprint density at radius 2 is 2.12 bits per heavy atom. The minimum atomic E-state index is -0.642. The number of hydrogen-bond donors (Lipinski definition) is 1. The van der Waals surface area contributed by atoms with E-state index in [1.807, 2.05) is 0 Å². The zero-order valence-corrected chi connectivity index (χ0v) is 11.8. The summed E-state index contributed by atoms with van der Waals surface area (Å²) < 4.78 is 10.9. The van der Waals surface area contributed by atoms with E-state index >= 15 is 0 Å². The molecule has 0 aromatic rings. The van der Waals surface area contributed by atoms with Crippen LogP contribution < -0.4 is 5.32 Å². The van der Waals surface area contributed by atoms with E-state index in [2.05, 4.69) is 31.1 Å². The largest absolute Gasteiger partial charge is 0.314 e. The molecule has 0 radical (unpaired) electrons. The van der Waals surface area contributed by atoms with Crippen LogP contribution in [0.15, 0.2) is 0 Å². The predicted octanol–water partition coefficient (Wildman–Crippen LogP) is 1.07. The normalized spacial score (nSPS) is 33.9. The van der Waals surface area contributed by atoms with Gasteiger partial charge in [-0.05, 0) is 39.3 Å². The van der Waals surface area contributed by atoms with E-state index in [4.69, 9.17) is 0 Å². The van der Waals surface area contributed by atoms with Gasteiger partial charge in [0.05, 0.1) is 0 Å². The Morgan fingerprint density at radius 1 is 1.44 bits per heavy atom. The molecule has 0 aromatic carbocycles. The van der Waals surface area contributed by atoms with Crippen molar-refractivity contribution < 1.29 is 4.21 Å². The van der Waals surface area contributed by atoms with Gasteiger partial charge in [0, 0.05) is 41.4 Å². The Bertz CT molecular complexity index is 235. The highest BCUT2D eigenvalue weighted by atomic mass is 32.2. The van der Waals surface area contributed by atoms with Crippen molar-refractivity contribution in [2.75, 3.05) is 32.1 Å². The molecule has 1 saturated heterocycles. The molecular formula is C12H26N2OS. The van der Waals surface area contributed by atoms with E-state index < -0.39 is 10.8 Å². The summed E-state index contributed by atoms with van der Waals surface area (Å²) in [6.45, 7) is 6.79. The minimum Gasteiger partial charge on any atom is -0.314 e. The third-order valence-electron chi connectivity index (χ3n) is 3.63. The Balaban J connectivity index is 2.23. The first-order chi connectivity index (χ1) is 7.50. The molecule has 1 aliphatic rings. The highest BCUT2D eigenvalue weighted by molar-refractivity contribution is 7.84. The molecule has 0 bridgehead atoms. The van der Waals surface area contributed by atoms with Crippen LogP contribution >= 0.6 is 0 Å². The molecule has 4 unspecified atom stereocenters. The highest BCUT2D eigenvalue weighted by Crippen LogP contribution is 2.20. The van der Waals surface area contributed by atoms with E-state index in [-0.39, 0.29) is 0 Å². The molecule has 4 heteroatoms. The van der Waals surface area contributed by atoms with Gasteiger partial charge in [0.25, 0.3) is 0 Å². The van der Waals surface area contributed by atoms with Crippen molar-refractivity contribution in [3.05, 3.63) is 0 Å². The van der Waals surface area contributed by atoms with Crippen LogP contribution in [0.4, 0.5) is 0 Å². The number of nitrogens with zero attached hydrogens (tertiary/aromatic N) is 1. The number of rotatable bonds is 5. The lowest BCUT2D eigenvalue weighted by Gasteiger charge is -2.40. The summed E-state index contributed by atoms with van der Waals surface area (Å²) in [4.78, 5) is 2.43. The van der Waals surface area contributed by atoms with Crippen LogP contribution in [0.3, 0.4) is 0 Å². The third-order valence-corrected chi connectivity index (χ3v) is 4.49. The van der Waals surface area contributed by atoms with Crippen LogP contribution in [-0.2, 0) is 10.8 Å². The van der Waals surface area contributed by atoms with Crippen molar-refractivity contribution in [2.24, 2.45) is 5.92 Å². The van der Waals surface area contributed by atoms with Crippen LogP contribution in [0, 0.1) is 5.92 Å². The fourth-order valence-corrected chi connectivity index (χ4v) is 2.94. The fraction of sp³-hybridized carbons (Fsp3) is 1.00. The molecule has 0 aliphatic carbocycles. The number of nitrogens with one attached hydrogen (secondary N) is 1. The topological polar surface area (TPSA) is 32.3 Å². The second-order valence-electron chi connectivity index (χ2n) is 5.19. The first-order valence-corrected chi connectivity index (χ1v) is 7.97. The Hall–Kier alpha value is 0.0700. The SMILES string of the molecule is CC1CN(C)C(C)CC1NCCCS(C)=O. The van der Waals surface area contributed by atoms with Gasteiger partial charge in [-0.1, -0.05) is 6.92 Å². The van der Waals surface area contributed by atoms with E-state index in [0.717, 1.165) is 18.7 Å². The highest BCUT2D eigenvalue weighted by Gasteiger charge is 2.28. The molecule has 1 aliphatic heterocycles. The van der Waals surface area contributed by atoms with Crippen molar-refractivity contribution in [3.8, 4) is 0 Å². The summed E-state index contributed by atoms with van der Waals surface area (Å²) in [5, 5.41) is 3.62. The molecule has 4 atom stereocenters. The van der Waals surface area contributed by atoms with Gasteiger partial charge in [0.15, 0.2) is 0 Å². The van der Waals surface area contributed by atoms with Gasteiger partial charge < -0.3 is 10.2 Å². The molecule has 0 amide bonds. The Morgan fingerprint density at radius 3 is 2.75 bits per heavy atom.